The highest BCUT2D eigenvalue weighted by Gasteiger charge is 2.26. The molecule has 0 saturated heterocycles. The summed E-state index contributed by atoms with van der Waals surface area (Å²) in [5.74, 6) is -0.0215. The predicted octanol–water partition coefficient (Wildman–Crippen LogP) is 2.22. The third-order valence-electron chi connectivity index (χ3n) is 4.46. The van der Waals surface area contributed by atoms with Gasteiger partial charge in [0.1, 0.15) is 0 Å². The maximum atomic E-state index is 12.7. The molecule has 3 atom stereocenters. The lowest BCUT2D eigenvalue weighted by Crippen LogP contribution is -3.11. The summed E-state index contributed by atoms with van der Waals surface area (Å²) in [4.78, 5) is 27.7. The van der Waals surface area contributed by atoms with Gasteiger partial charge in [-0.1, -0.05) is 25.4 Å². The van der Waals surface area contributed by atoms with Crippen molar-refractivity contribution in [2.24, 2.45) is 0 Å². The van der Waals surface area contributed by atoms with Crippen molar-refractivity contribution in [2.45, 2.75) is 52.6 Å². The maximum Gasteiger partial charge on any atom is 0.279 e. The van der Waals surface area contributed by atoms with Gasteiger partial charge in [0.25, 0.3) is 11.8 Å². The highest BCUT2D eigenvalue weighted by molar-refractivity contribution is 6.30. The van der Waals surface area contributed by atoms with Gasteiger partial charge in [-0.15, -0.1) is 0 Å². The summed E-state index contributed by atoms with van der Waals surface area (Å²) < 4.78 is 0. The van der Waals surface area contributed by atoms with Crippen LogP contribution in [0.1, 0.15) is 40.5 Å². The van der Waals surface area contributed by atoms with Crippen LogP contribution < -0.4 is 10.2 Å². The Morgan fingerprint density at radius 3 is 2.08 bits per heavy atom. The van der Waals surface area contributed by atoms with Crippen molar-refractivity contribution >= 4 is 29.1 Å². The molecule has 0 heterocycles. The number of carbonyl (C=O) groups excluding carboxylic acids is 2. The van der Waals surface area contributed by atoms with E-state index >= 15 is 0 Å². The quantitative estimate of drug-likeness (QED) is 0.702. The molecule has 1 aromatic carbocycles. The number of likely N-dealkylation sites (N-methyl/N-ethyl adjacent to an activating group) is 1. The molecular weight excluding hydrogens is 338 g/mol. The molecule has 1 aromatic rings. The summed E-state index contributed by atoms with van der Waals surface area (Å²) in [6.45, 7) is 8.87. The molecule has 25 heavy (non-hydrogen) atoms. The van der Waals surface area contributed by atoms with Crippen molar-refractivity contribution in [1.82, 2.24) is 4.90 Å². The molecule has 0 aromatic heterocycles. The monoisotopic (exact) mass is 368 g/mol. The predicted molar refractivity (Wildman–Crippen MR) is 103 cm³/mol. The first-order valence-corrected chi connectivity index (χ1v) is 9.34. The van der Waals surface area contributed by atoms with Crippen LogP contribution in [-0.2, 0) is 9.59 Å². The largest absolute Gasteiger partial charge is 0.332 e. The molecule has 0 aliphatic rings. The summed E-state index contributed by atoms with van der Waals surface area (Å²) in [7, 11) is 1.87. The zero-order valence-corrected chi connectivity index (χ0v) is 16.7. The van der Waals surface area contributed by atoms with E-state index in [1.54, 1.807) is 24.3 Å². The zero-order chi connectivity index (χ0) is 19.0. The lowest BCUT2D eigenvalue weighted by Gasteiger charge is -2.34. The summed E-state index contributed by atoms with van der Waals surface area (Å²) in [6.07, 6.45) is 1.85. The van der Waals surface area contributed by atoms with Crippen molar-refractivity contribution in [3.63, 3.8) is 0 Å². The van der Waals surface area contributed by atoms with Crippen LogP contribution in [0.15, 0.2) is 24.3 Å². The van der Waals surface area contributed by atoms with Crippen molar-refractivity contribution in [3.8, 4) is 0 Å². The first-order valence-electron chi connectivity index (χ1n) is 8.96. The average molecular weight is 369 g/mol. The molecule has 0 bridgehead atoms. The number of amides is 2. The highest BCUT2D eigenvalue weighted by atomic mass is 35.5. The number of hydrogen-bond acceptors (Lipinski definition) is 2. The molecular formula is C19H31ClN3O2+. The van der Waals surface area contributed by atoms with E-state index in [9.17, 15) is 9.59 Å². The van der Waals surface area contributed by atoms with Gasteiger partial charge >= 0.3 is 0 Å². The van der Waals surface area contributed by atoms with Gasteiger partial charge in [-0.05, 0) is 51.0 Å². The van der Waals surface area contributed by atoms with Crippen molar-refractivity contribution in [2.75, 3.05) is 25.5 Å². The Kier molecular flexibility index (Phi) is 8.93. The van der Waals surface area contributed by atoms with E-state index in [0.717, 1.165) is 17.7 Å². The Morgan fingerprint density at radius 1 is 1.08 bits per heavy atom. The fourth-order valence-corrected chi connectivity index (χ4v) is 2.87. The second kappa shape index (κ2) is 10.4. The van der Waals surface area contributed by atoms with Gasteiger partial charge in [0.05, 0.1) is 7.05 Å². The van der Waals surface area contributed by atoms with Gasteiger partial charge in [-0.3, -0.25) is 9.59 Å². The Balaban J connectivity index is 2.58. The summed E-state index contributed by atoms with van der Waals surface area (Å²) in [5.41, 5.74) is 0.703. The van der Waals surface area contributed by atoms with Gasteiger partial charge < -0.3 is 15.1 Å². The third kappa shape index (κ3) is 7.04. The van der Waals surface area contributed by atoms with Crippen LogP contribution in [0.3, 0.4) is 0 Å². The van der Waals surface area contributed by atoms with Crippen LogP contribution in [-0.4, -0.2) is 48.9 Å². The van der Waals surface area contributed by atoms with E-state index < -0.39 is 0 Å². The number of hydrogen-bond donors (Lipinski definition) is 2. The average Bonchev–Trinajstić information content (AvgIpc) is 2.56. The SMILES string of the molecule is CC[C@H](C)N(C(=O)C[NH+](C)CC(=O)Nc1ccc(Cl)cc1)[C@@H](C)CC. The van der Waals surface area contributed by atoms with Crippen LogP contribution in [0.4, 0.5) is 5.69 Å². The van der Waals surface area contributed by atoms with Crippen LogP contribution in [0.25, 0.3) is 0 Å². The molecule has 0 fully saturated rings. The lowest BCUT2D eigenvalue weighted by atomic mass is 10.1. The van der Waals surface area contributed by atoms with E-state index in [1.807, 2.05) is 11.9 Å². The molecule has 5 nitrogen and oxygen atoms in total. The van der Waals surface area contributed by atoms with Crippen LogP contribution >= 0.6 is 11.6 Å². The van der Waals surface area contributed by atoms with Crippen molar-refractivity contribution in [3.05, 3.63) is 29.3 Å². The number of quaternary nitrogens is 1. The minimum atomic E-state index is -0.119. The molecule has 140 valence electrons. The molecule has 1 unspecified atom stereocenters. The molecule has 0 aliphatic carbocycles. The normalized spacial score (nSPS) is 14.5. The number of nitrogens with zero attached hydrogens (tertiary/aromatic N) is 1. The van der Waals surface area contributed by atoms with Crippen LogP contribution in [0, 0.1) is 0 Å². The molecule has 6 heteroatoms. The van der Waals surface area contributed by atoms with Gasteiger partial charge in [0, 0.05) is 22.8 Å². The fourth-order valence-electron chi connectivity index (χ4n) is 2.74. The molecule has 2 amide bonds. The summed E-state index contributed by atoms with van der Waals surface area (Å²) >= 11 is 5.84. The van der Waals surface area contributed by atoms with Gasteiger partial charge in [-0.25, -0.2) is 0 Å². The molecule has 0 saturated carbocycles. The lowest BCUT2D eigenvalue weighted by molar-refractivity contribution is -0.862. The Bertz CT molecular complexity index is 552. The van der Waals surface area contributed by atoms with Gasteiger partial charge in [0.2, 0.25) is 0 Å². The first kappa shape index (κ1) is 21.5. The number of rotatable bonds is 9. The number of nitrogens with one attached hydrogen (secondary N) is 2. The Morgan fingerprint density at radius 2 is 1.60 bits per heavy atom. The van der Waals surface area contributed by atoms with Crippen molar-refractivity contribution < 1.29 is 14.5 Å². The van der Waals surface area contributed by atoms with E-state index in [-0.39, 0.29) is 30.4 Å². The van der Waals surface area contributed by atoms with E-state index in [1.165, 1.54) is 0 Å². The standard InChI is InChI=1S/C19H30ClN3O2/c1-6-14(3)23(15(4)7-2)19(25)13-22(5)12-18(24)21-17-10-8-16(20)9-11-17/h8-11,14-15H,6-7,12-13H2,1-5H3,(H,21,24)/p+1/t14-,15-/m0/s1. The Hall–Kier alpha value is -1.59. The second-order valence-electron chi connectivity index (χ2n) is 6.68. The van der Waals surface area contributed by atoms with E-state index in [2.05, 4.69) is 33.0 Å². The van der Waals surface area contributed by atoms with E-state index in [4.69, 9.17) is 11.6 Å². The number of carbonyl (C=O) groups is 2. The molecule has 0 radical (unpaired) electrons. The van der Waals surface area contributed by atoms with Gasteiger partial charge in [-0.2, -0.15) is 0 Å². The van der Waals surface area contributed by atoms with Crippen LogP contribution in [0.2, 0.25) is 5.02 Å². The van der Waals surface area contributed by atoms with Crippen LogP contribution in [0.5, 0.6) is 0 Å². The molecule has 1 rings (SSSR count). The minimum Gasteiger partial charge on any atom is -0.332 e. The third-order valence-corrected chi connectivity index (χ3v) is 4.71. The highest BCUT2D eigenvalue weighted by Crippen LogP contribution is 2.13. The number of benzene rings is 1. The molecule has 0 spiro atoms. The molecule has 0 aliphatic heterocycles. The summed E-state index contributed by atoms with van der Waals surface area (Å²) in [6, 6.07) is 7.39. The minimum absolute atomic E-state index is 0.0977. The zero-order valence-electron chi connectivity index (χ0n) is 15.9. The number of anilines is 1. The Labute approximate surface area is 156 Å². The maximum absolute atomic E-state index is 12.7. The topological polar surface area (TPSA) is 53.9 Å². The van der Waals surface area contributed by atoms with Crippen molar-refractivity contribution in [1.29, 1.82) is 0 Å². The fraction of sp³-hybridized carbons (Fsp3) is 0.579. The smallest absolute Gasteiger partial charge is 0.279 e. The first-order chi connectivity index (χ1) is 11.8. The summed E-state index contributed by atoms with van der Waals surface area (Å²) in [5, 5.41) is 3.45. The van der Waals surface area contributed by atoms with Gasteiger partial charge in [0.15, 0.2) is 13.1 Å². The number of halogens is 1. The second-order valence-corrected chi connectivity index (χ2v) is 7.12. The van der Waals surface area contributed by atoms with E-state index in [0.29, 0.717) is 17.3 Å². The molecule has 2 N–H and O–H groups in total.